The highest BCUT2D eigenvalue weighted by atomic mass is 16.5. The number of aryl methyl sites for hydroxylation is 2. The van der Waals surface area contributed by atoms with Crippen LogP contribution in [0.15, 0.2) is 54.7 Å². The molecule has 0 aliphatic heterocycles. The third-order valence-electron chi connectivity index (χ3n) is 5.40. The number of methoxy groups -OCH3 is 1. The molecule has 0 radical (unpaired) electrons. The van der Waals surface area contributed by atoms with Gasteiger partial charge in [0, 0.05) is 12.3 Å². The molecule has 1 amide bonds. The Hall–Kier alpha value is -3.87. The van der Waals surface area contributed by atoms with Crippen LogP contribution in [0.5, 0.6) is 11.5 Å². The van der Waals surface area contributed by atoms with E-state index in [9.17, 15) is 14.7 Å². The van der Waals surface area contributed by atoms with Gasteiger partial charge in [-0.1, -0.05) is 48.0 Å². The Morgan fingerprint density at radius 1 is 1.03 bits per heavy atom. The van der Waals surface area contributed by atoms with Crippen LogP contribution in [0.2, 0.25) is 0 Å². The lowest BCUT2D eigenvalue weighted by atomic mass is 9.97. The third kappa shape index (κ3) is 5.49. The number of hydrogen-bond donors (Lipinski definition) is 2. The number of carbonyl (C=O) groups is 2. The molecule has 3 aromatic rings. The van der Waals surface area contributed by atoms with Crippen LogP contribution in [0.1, 0.15) is 47.1 Å². The molecule has 1 heterocycles. The van der Waals surface area contributed by atoms with Crippen LogP contribution in [0.3, 0.4) is 0 Å². The highest BCUT2D eigenvalue weighted by Gasteiger charge is 2.24. The van der Waals surface area contributed by atoms with E-state index in [1.54, 1.807) is 6.92 Å². The summed E-state index contributed by atoms with van der Waals surface area (Å²) < 4.78 is 10.5. The first kappa shape index (κ1) is 23.8. The maximum absolute atomic E-state index is 12.5. The number of benzene rings is 2. The van der Waals surface area contributed by atoms with Crippen LogP contribution in [-0.2, 0) is 9.53 Å². The van der Waals surface area contributed by atoms with E-state index in [1.807, 2.05) is 24.3 Å². The summed E-state index contributed by atoms with van der Waals surface area (Å²) in [6.07, 6.45) is 0.827. The van der Waals surface area contributed by atoms with Gasteiger partial charge in [0.2, 0.25) is 0 Å². The molecule has 0 fully saturated rings. The fourth-order valence-corrected chi connectivity index (χ4v) is 3.42. The van der Waals surface area contributed by atoms with E-state index in [0.29, 0.717) is 0 Å². The minimum Gasteiger partial charge on any atom is -0.503 e. The SMILES string of the molecule is COc1ccnc(C(=O)N[C@@H](C)C(=O)O[C@@H](C)c2ccc(-c3cc(C)ccc3C)cc2)c1O. The zero-order chi connectivity index (χ0) is 24.1. The molecule has 7 heteroatoms. The number of rotatable bonds is 7. The van der Waals surface area contributed by atoms with Crippen molar-refractivity contribution in [1.29, 1.82) is 0 Å². The first-order valence-corrected chi connectivity index (χ1v) is 10.6. The zero-order valence-corrected chi connectivity index (χ0v) is 19.4. The predicted octanol–water partition coefficient (Wildman–Crippen LogP) is 4.50. The molecule has 0 spiro atoms. The van der Waals surface area contributed by atoms with Crippen molar-refractivity contribution in [3.05, 3.63) is 77.1 Å². The Kier molecular flexibility index (Phi) is 7.33. The molecular formula is C26H28N2O5. The molecule has 7 nitrogen and oxygen atoms in total. The summed E-state index contributed by atoms with van der Waals surface area (Å²) in [5.74, 6) is -1.59. The van der Waals surface area contributed by atoms with Crippen LogP contribution in [-0.4, -0.2) is 35.1 Å². The molecular weight excluding hydrogens is 420 g/mol. The van der Waals surface area contributed by atoms with E-state index in [4.69, 9.17) is 9.47 Å². The number of aromatic hydroxyl groups is 1. The van der Waals surface area contributed by atoms with Gasteiger partial charge in [0.1, 0.15) is 12.1 Å². The third-order valence-corrected chi connectivity index (χ3v) is 5.40. The molecule has 2 N–H and O–H groups in total. The fraction of sp³-hybridized carbons (Fsp3) is 0.269. The van der Waals surface area contributed by atoms with E-state index in [1.165, 1.54) is 37.4 Å². The maximum Gasteiger partial charge on any atom is 0.328 e. The molecule has 172 valence electrons. The van der Waals surface area contributed by atoms with Gasteiger partial charge in [-0.05, 0) is 49.9 Å². The molecule has 2 aromatic carbocycles. The highest BCUT2D eigenvalue weighted by Crippen LogP contribution is 2.28. The molecule has 0 aliphatic rings. The van der Waals surface area contributed by atoms with E-state index in [0.717, 1.165) is 16.7 Å². The van der Waals surface area contributed by atoms with Crippen LogP contribution in [0.25, 0.3) is 11.1 Å². The summed E-state index contributed by atoms with van der Waals surface area (Å²) in [4.78, 5) is 28.8. The number of amides is 1. The Balaban J connectivity index is 1.64. The standard InChI is InChI=1S/C26H28N2O5/c1-15-6-7-16(2)21(14-15)20-10-8-19(9-11-20)18(4)33-26(31)17(3)28-25(30)23-24(29)22(32-5)12-13-27-23/h6-14,17-18,29H,1-5H3,(H,28,30)/t17-,18-/m0/s1. The van der Waals surface area contributed by atoms with Crippen molar-refractivity contribution in [2.45, 2.75) is 39.8 Å². The minimum atomic E-state index is -0.943. The number of nitrogens with one attached hydrogen (secondary N) is 1. The summed E-state index contributed by atoms with van der Waals surface area (Å²) in [5.41, 5.74) is 5.23. The first-order valence-electron chi connectivity index (χ1n) is 10.6. The van der Waals surface area contributed by atoms with Crippen molar-refractivity contribution in [1.82, 2.24) is 10.3 Å². The van der Waals surface area contributed by atoms with Gasteiger partial charge in [0.25, 0.3) is 5.91 Å². The Bertz CT molecular complexity index is 1160. The quantitative estimate of drug-likeness (QED) is 0.517. The first-order chi connectivity index (χ1) is 15.7. The largest absolute Gasteiger partial charge is 0.503 e. The van der Waals surface area contributed by atoms with Gasteiger partial charge >= 0.3 is 5.97 Å². The average Bonchev–Trinajstić information content (AvgIpc) is 2.80. The van der Waals surface area contributed by atoms with Crippen LogP contribution < -0.4 is 10.1 Å². The molecule has 0 saturated heterocycles. The molecule has 0 aliphatic carbocycles. The van der Waals surface area contributed by atoms with E-state index >= 15 is 0 Å². The Morgan fingerprint density at radius 2 is 1.73 bits per heavy atom. The number of ether oxygens (including phenoxy) is 2. The smallest absolute Gasteiger partial charge is 0.328 e. The molecule has 33 heavy (non-hydrogen) atoms. The Morgan fingerprint density at radius 3 is 2.39 bits per heavy atom. The monoisotopic (exact) mass is 448 g/mol. The second kappa shape index (κ2) is 10.2. The summed E-state index contributed by atoms with van der Waals surface area (Å²) in [6, 6.07) is 14.7. The van der Waals surface area contributed by atoms with Crippen molar-refractivity contribution in [2.75, 3.05) is 7.11 Å². The molecule has 0 bridgehead atoms. The van der Waals surface area contributed by atoms with Crippen molar-refractivity contribution in [2.24, 2.45) is 0 Å². The number of pyridine rings is 1. The van der Waals surface area contributed by atoms with Crippen molar-refractivity contribution >= 4 is 11.9 Å². The summed E-state index contributed by atoms with van der Waals surface area (Å²) in [5, 5.41) is 12.6. The van der Waals surface area contributed by atoms with E-state index < -0.39 is 29.8 Å². The second-order valence-corrected chi connectivity index (χ2v) is 7.93. The normalized spacial score (nSPS) is 12.5. The van der Waals surface area contributed by atoms with Crippen LogP contribution >= 0.6 is 0 Å². The molecule has 0 saturated carbocycles. The van der Waals surface area contributed by atoms with Gasteiger partial charge in [-0.2, -0.15) is 0 Å². The molecule has 2 atom stereocenters. The van der Waals surface area contributed by atoms with Gasteiger partial charge in [-0.3, -0.25) is 4.79 Å². The van der Waals surface area contributed by atoms with E-state index in [-0.39, 0.29) is 11.4 Å². The lowest BCUT2D eigenvalue weighted by Crippen LogP contribution is -2.40. The van der Waals surface area contributed by atoms with Gasteiger partial charge < -0.3 is 19.9 Å². The van der Waals surface area contributed by atoms with Crippen molar-refractivity contribution in [3.63, 3.8) is 0 Å². The topological polar surface area (TPSA) is 97.8 Å². The Labute approximate surface area is 193 Å². The summed E-state index contributed by atoms with van der Waals surface area (Å²) >= 11 is 0. The highest BCUT2D eigenvalue weighted by molar-refractivity contribution is 5.97. The number of nitrogens with zero attached hydrogens (tertiary/aromatic N) is 1. The number of aromatic nitrogens is 1. The molecule has 1 aromatic heterocycles. The number of esters is 1. The summed E-state index contributed by atoms with van der Waals surface area (Å²) in [7, 11) is 1.37. The number of carbonyl (C=O) groups excluding carboxylic acids is 2. The average molecular weight is 449 g/mol. The predicted molar refractivity (Wildman–Crippen MR) is 125 cm³/mol. The molecule has 0 unspecified atom stereocenters. The maximum atomic E-state index is 12.5. The van der Waals surface area contributed by atoms with Crippen molar-refractivity contribution in [3.8, 4) is 22.6 Å². The van der Waals surface area contributed by atoms with Gasteiger partial charge in [-0.15, -0.1) is 0 Å². The van der Waals surface area contributed by atoms with Crippen LogP contribution in [0, 0.1) is 13.8 Å². The van der Waals surface area contributed by atoms with Crippen molar-refractivity contribution < 1.29 is 24.2 Å². The number of hydrogen-bond acceptors (Lipinski definition) is 6. The van der Waals surface area contributed by atoms with E-state index in [2.05, 4.69) is 42.3 Å². The zero-order valence-electron chi connectivity index (χ0n) is 19.4. The lowest BCUT2D eigenvalue weighted by molar-refractivity contribution is -0.150. The van der Waals surface area contributed by atoms with Crippen LogP contribution in [0.4, 0.5) is 0 Å². The second-order valence-electron chi connectivity index (χ2n) is 7.93. The van der Waals surface area contributed by atoms with Gasteiger partial charge in [0.15, 0.2) is 17.2 Å². The molecule has 3 rings (SSSR count). The minimum absolute atomic E-state index is 0.114. The fourth-order valence-electron chi connectivity index (χ4n) is 3.42. The lowest BCUT2D eigenvalue weighted by Gasteiger charge is -2.18. The summed E-state index contributed by atoms with van der Waals surface area (Å²) in [6.45, 7) is 7.41. The van der Waals surface area contributed by atoms with Gasteiger partial charge in [0.05, 0.1) is 7.11 Å². The van der Waals surface area contributed by atoms with Gasteiger partial charge in [-0.25, -0.2) is 9.78 Å².